The first-order valence-electron chi connectivity index (χ1n) is 7.96. The Kier molecular flexibility index (Phi) is 4.62. The molecule has 0 bridgehead atoms. The molecular weight excluding hydrogens is 328 g/mol. The highest BCUT2D eigenvalue weighted by molar-refractivity contribution is 6.30. The van der Waals surface area contributed by atoms with Gasteiger partial charge >= 0.3 is 5.97 Å². The molecule has 1 aliphatic heterocycles. The second-order valence-electron chi connectivity index (χ2n) is 5.69. The van der Waals surface area contributed by atoms with Crippen molar-refractivity contribution in [3.63, 3.8) is 0 Å². The fourth-order valence-corrected chi connectivity index (χ4v) is 3.10. The van der Waals surface area contributed by atoms with Gasteiger partial charge in [0.25, 0.3) is 0 Å². The molecule has 0 saturated carbocycles. The minimum Gasteiger partial charge on any atom is -0.462 e. The number of aromatic nitrogens is 1. The number of alkyl halides is 1. The number of hydrogen-bond donors (Lipinski definition) is 1. The largest absolute Gasteiger partial charge is 0.462 e. The molecule has 1 N–H and O–H groups in total. The number of para-hydroxylation sites is 1. The van der Waals surface area contributed by atoms with Crippen molar-refractivity contribution in [1.29, 1.82) is 0 Å². The van der Waals surface area contributed by atoms with E-state index >= 15 is 0 Å². The summed E-state index contributed by atoms with van der Waals surface area (Å²) < 4.78 is 5.18. The van der Waals surface area contributed by atoms with Crippen molar-refractivity contribution in [2.24, 2.45) is 0 Å². The van der Waals surface area contributed by atoms with Gasteiger partial charge in [-0.25, -0.2) is 4.79 Å². The minimum atomic E-state index is -0.655. The molecule has 24 heavy (non-hydrogen) atoms. The monoisotopic (exact) mass is 346 g/mol. The Balaban J connectivity index is 2.13. The van der Waals surface area contributed by atoms with Crippen LogP contribution in [-0.2, 0) is 20.7 Å². The van der Waals surface area contributed by atoms with Crippen molar-refractivity contribution in [2.45, 2.75) is 25.6 Å². The Morgan fingerprint density at radius 2 is 2.12 bits per heavy atom. The highest BCUT2D eigenvalue weighted by Crippen LogP contribution is 2.31. The standard InChI is InChI=1S/C18H19ClN2O3/c1-3-24-18(23)14-10-21(17(22)11(2)19)9-8-13-12-6-4-5-7-15(12)20-16(13)14/h4-7,10-11,20H,3,8-9H2,1-2H3. The first-order chi connectivity index (χ1) is 11.5. The van der Waals surface area contributed by atoms with Crippen LogP contribution < -0.4 is 0 Å². The van der Waals surface area contributed by atoms with Gasteiger partial charge in [-0.05, 0) is 31.9 Å². The Morgan fingerprint density at radius 1 is 1.38 bits per heavy atom. The van der Waals surface area contributed by atoms with Crippen LogP contribution >= 0.6 is 11.6 Å². The molecule has 0 saturated heterocycles. The lowest BCUT2D eigenvalue weighted by Gasteiger charge is -2.18. The molecule has 5 nitrogen and oxygen atoms in total. The molecular formula is C18H19ClN2O3. The summed E-state index contributed by atoms with van der Waals surface area (Å²) in [7, 11) is 0. The molecule has 0 radical (unpaired) electrons. The predicted octanol–water partition coefficient (Wildman–Crippen LogP) is 3.08. The number of amides is 1. The summed E-state index contributed by atoms with van der Waals surface area (Å²) in [5.74, 6) is -0.680. The van der Waals surface area contributed by atoms with E-state index in [1.54, 1.807) is 20.0 Å². The zero-order chi connectivity index (χ0) is 17.3. The van der Waals surface area contributed by atoms with E-state index in [0.29, 0.717) is 24.2 Å². The molecule has 0 spiro atoms. The predicted molar refractivity (Wildman–Crippen MR) is 93.6 cm³/mol. The van der Waals surface area contributed by atoms with Crippen LogP contribution in [0.2, 0.25) is 0 Å². The molecule has 1 amide bonds. The third-order valence-corrected chi connectivity index (χ3v) is 4.28. The molecule has 2 aromatic rings. The van der Waals surface area contributed by atoms with Crippen LogP contribution in [0.1, 0.15) is 25.1 Å². The van der Waals surface area contributed by atoms with Gasteiger partial charge in [0, 0.05) is 23.6 Å². The number of rotatable bonds is 3. The summed E-state index contributed by atoms with van der Waals surface area (Å²) in [4.78, 5) is 29.5. The summed E-state index contributed by atoms with van der Waals surface area (Å²) in [6.07, 6.45) is 2.19. The van der Waals surface area contributed by atoms with Crippen molar-refractivity contribution < 1.29 is 14.3 Å². The zero-order valence-corrected chi connectivity index (χ0v) is 14.4. The minimum absolute atomic E-state index is 0.229. The van der Waals surface area contributed by atoms with Gasteiger partial charge in [0.1, 0.15) is 5.38 Å². The lowest BCUT2D eigenvalue weighted by atomic mass is 10.0. The van der Waals surface area contributed by atoms with Crippen molar-refractivity contribution in [3.05, 3.63) is 41.7 Å². The first-order valence-corrected chi connectivity index (χ1v) is 8.40. The lowest BCUT2D eigenvalue weighted by molar-refractivity contribution is -0.136. The highest BCUT2D eigenvalue weighted by Gasteiger charge is 2.28. The average molecular weight is 347 g/mol. The van der Waals surface area contributed by atoms with E-state index in [9.17, 15) is 9.59 Å². The number of carbonyl (C=O) groups excluding carboxylic acids is 2. The SMILES string of the molecule is CCOC(=O)C1=CN(C(=O)C(C)Cl)CCc2c1[nH]c1ccccc21. The van der Waals surface area contributed by atoms with Crippen LogP contribution in [0.15, 0.2) is 30.5 Å². The molecule has 0 aliphatic carbocycles. The van der Waals surface area contributed by atoms with Gasteiger partial charge in [-0.2, -0.15) is 0 Å². The van der Waals surface area contributed by atoms with Crippen LogP contribution in [0, 0.1) is 0 Å². The fourth-order valence-electron chi connectivity index (χ4n) is 2.97. The number of ether oxygens (including phenoxy) is 1. The Labute approximate surface area is 145 Å². The number of aromatic amines is 1. The molecule has 1 atom stereocenters. The summed E-state index contributed by atoms with van der Waals surface area (Å²) in [5.41, 5.74) is 3.05. The normalized spacial score (nSPS) is 15.5. The molecule has 6 heteroatoms. The number of benzene rings is 1. The second kappa shape index (κ2) is 6.69. The molecule has 1 aromatic carbocycles. The van der Waals surface area contributed by atoms with E-state index in [1.807, 2.05) is 24.3 Å². The van der Waals surface area contributed by atoms with E-state index in [4.69, 9.17) is 16.3 Å². The number of carbonyl (C=O) groups is 2. The highest BCUT2D eigenvalue weighted by atomic mass is 35.5. The molecule has 1 aliphatic rings. The van der Waals surface area contributed by atoms with E-state index in [2.05, 4.69) is 4.98 Å². The summed E-state index contributed by atoms with van der Waals surface area (Å²) >= 11 is 5.94. The Bertz CT molecular complexity index is 823. The van der Waals surface area contributed by atoms with Gasteiger partial charge in [0.15, 0.2) is 0 Å². The third-order valence-electron chi connectivity index (χ3n) is 4.09. The number of nitrogens with zero attached hydrogens (tertiary/aromatic N) is 1. The number of halogens is 1. The quantitative estimate of drug-likeness (QED) is 0.686. The van der Waals surface area contributed by atoms with Crippen LogP contribution in [0.4, 0.5) is 0 Å². The van der Waals surface area contributed by atoms with Gasteiger partial charge in [-0.3, -0.25) is 4.79 Å². The van der Waals surface area contributed by atoms with Gasteiger partial charge in [-0.1, -0.05) is 18.2 Å². The van der Waals surface area contributed by atoms with Crippen molar-refractivity contribution in [1.82, 2.24) is 9.88 Å². The summed E-state index contributed by atoms with van der Waals surface area (Å²) in [6, 6.07) is 7.88. The number of nitrogens with one attached hydrogen (secondary N) is 1. The summed E-state index contributed by atoms with van der Waals surface area (Å²) in [5, 5.41) is 0.397. The fraction of sp³-hybridized carbons (Fsp3) is 0.333. The van der Waals surface area contributed by atoms with Gasteiger partial charge in [-0.15, -0.1) is 11.6 Å². The average Bonchev–Trinajstić information content (AvgIpc) is 2.82. The maximum absolute atomic E-state index is 12.4. The molecule has 126 valence electrons. The maximum Gasteiger partial charge on any atom is 0.341 e. The van der Waals surface area contributed by atoms with E-state index in [1.165, 1.54) is 4.90 Å². The maximum atomic E-state index is 12.4. The lowest BCUT2D eigenvalue weighted by Crippen LogP contribution is -2.33. The molecule has 2 heterocycles. The van der Waals surface area contributed by atoms with Crippen LogP contribution in [0.3, 0.4) is 0 Å². The summed E-state index contributed by atoms with van der Waals surface area (Å²) in [6.45, 7) is 4.12. The van der Waals surface area contributed by atoms with E-state index < -0.39 is 11.3 Å². The molecule has 1 aromatic heterocycles. The molecule has 1 unspecified atom stereocenters. The van der Waals surface area contributed by atoms with Gasteiger partial charge in [0.2, 0.25) is 5.91 Å². The zero-order valence-electron chi connectivity index (χ0n) is 13.6. The van der Waals surface area contributed by atoms with Crippen LogP contribution in [0.5, 0.6) is 0 Å². The van der Waals surface area contributed by atoms with Crippen molar-refractivity contribution >= 4 is 40.0 Å². The van der Waals surface area contributed by atoms with Gasteiger partial charge < -0.3 is 14.6 Å². The number of hydrogen-bond acceptors (Lipinski definition) is 3. The second-order valence-corrected chi connectivity index (χ2v) is 6.34. The first kappa shape index (κ1) is 16.6. The number of esters is 1. The van der Waals surface area contributed by atoms with E-state index in [-0.39, 0.29) is 12.5 Å². The third kappa shape index (κ3) is 2.91. The smallest absolute Gasteiger partial charge is 0.341 e. The molecule has 3 rings (SSSR count). The van der Waals surface area contributed by atoms with Crippen LogP contribution in [0.25, 0.3) is 16.5 Å². The molecule has 0 fully saturated rings. The van der Waals surface area contributed by atoms with E-state index in [0.717, 1.165) is 16.5 Å². The Morgan fingerprint density at radius 3 is 2.83 bits per heavy atom. The number of H-pyrrole nitrogens is 1. The van der Waals surface area contributed by atoms with Crippen molar-refractivity contribution in [3.8, 4) is 0 Å². The number of fused-ring (bicyclic) bond motifs is 3. The topological polar surface area (TPSA) is 62.4 Å². The Hall–Kier alpha value is -2.27. The van der Waals surface area contributed by atoms with Gasteiger partial charge in [0.05, 0.1) is 17.9 Å². The van der Waals surface area contributed by atoms with Crippen LogP contribution in [-0.4, -0.2) is 40.3 Å². The van der Waals surface area contributed by atoms with Crippen molar-refractivity contribution in [2.75, 3.05) is 13.2 Å².